The van der Waals surface area contributed by atoms with Crippen molar-refractivity contribution in [2.75, 3.05) is 49.1 Å². The summed E-state index contributed by atoms with van der Waals surface area (Å²) in [6.45, 7) is 25.9. The highest BCUT2D eigenvalue weighted by Gasteiger charge is 2.35. The number of phenols is 2. The highest BCUT2D eigenvalue weighted by molar-refractivity contribution is 5.93. The summed E-state index contributed by atoms with van der Waals surface area (Å²) in [6, 6.07) is 12.5. The van der Waals surface area contributed by atoms with E-state index >= 15 is 8.78 Å². The molecule has 19 nitrogen and oxygen atoms in total. The third kappa shape index (κ3) is 11.7. The molecular weight excluding hydrogens is 1100 g/mol. The molecule has 2 aliphatic heterocycles. The maximum Gasteiger partial charge on any atom is 0.410 e. The number of nitrogens with zero attached hydrogens (tertiary/aromatic N) is 12. The number of anilines is 2. The lowest BCUT2D eigenvalue weighted by molar-refractivity contribution is -0.126. The first kappa shape index (κ1) is 60.3. The fourth-order valence-corrected chi connectivity index (χ4v) is 10.8. The summed E-state index contributed by atoms with van der Waals surface area (Å²) >= 11 is 0. The monoisotopic (exact) mass is 1170 g/mol. The van der Waals surface area contributed by atoms with E-state index in [2.05, 4.69) is 36.5 Å². The van der Waals surface area contributed by atoms with Crippen LogP contribution < -0.4 is 21.2 Å². The number of fused-ring (bicyclic) bond motifs is 2. The summed E-state index contributed by atoms with van der Waals surface area (Å²) in [6.07, 6.45) is 4.08. The number of hydrogen-bond donors (Lipinski definition) is 2. The Hall–Kier alpha value is -9.28. The molecular formula is C62H66F4N12O7. The quantitative estimate of drug-likeness (QED) is 0.101. The van der Waals surface area contributed by atoms with Crippen LogP contribution in [0.2, 0.25) is 0 Å². The zero-order chi connectivity index (χ0) is 61.7. The second-order valence-corrected chi connectivity index (χ2v) is 22.8. The van der Waals surface area contributed by atoms with Gasteiger partial charge in [-0.2, -0.15) is 9.97 Å². The minimum absolute atomic E-state index is 0.0267. The molecule has 0 radical (unpaired) electrons. The van der Waals surface area contributed by atoms with Gasteiger partial charge in [0.25, 0.3) is 0 Å². The number of carbonyl (C=O) groups is 2. The molecule has 2 atom stereocenters. The van der Waals surface area contributed by atoms with Crippen LogP contribution in [-0.4, -0.2) is 128 Å². The topological polar surface area (TPSA) is 218 Å². The molecule has 2 amide bonds. The standard InChI is InChI=1S/C32H36F2N6O4.C30H30F2N6O3/c1-17(2)25-27(18(3)11-12-35-25)40-29-20(15-22(34)26(36-29)24-21(33)9-8-10-23(24)41)28(37-30(40)42)39-14-13-38(16-19(39)4)31(43)44-32(5,6)7;1-6-23(40)36-12-13-37(18(5)15-36)28-19-14-21(32)26(24-20(31)8-7-9-22(24)39)34-29(19)38(30(41)35-28)27-17(4)10-11-33-25(27)16(2)3/h8-12,15,17,19,41H,13-14,16H2,1-7H3;6-11,14,16,18,39H,1,12-13,15H2,2-5H3/t19-;18-/m00/s1. The van der Waals surface area contributed by atoms with Crippen LogP contribution in [0.15, 0.2) is 95.3 Å². The summed E-state index contributed by atoms with van der Waals surface area (Å²) < 4.78 is 69.7. The highest BCUT2D eigenvalue weighted by atomic mass is 19.1. The first-order chi connectivity index (χ1) is 40.2. The van der Waals surface area contributed by atoms with Gasteiger partial charge in [0.05, 0.1) is 44.7 Å². The molecule has 2 N–H and O–H groups in total. The summed E-state index contributed by atoms with van der Waals surface area (Å²) in [5, 5.41) is 21.4. The number of pyridine rings is 4. The van der Waals surface area contributed by atoms with Crippen molar-refractivity contribution in [3.05, 3.63) is 152 Å². The Bertz CT molecular complexity index is 4050. The van der Waals surface area contributed by atoms with Gasteiger partial charge in [0.1, 0.15) is 51.8 Å². The fraction of sp³-hybridized carbons (Fsp3) is 0.355. The molecule has 6 aromatic heterocycles. The predicted octanol–water partition coefficient (Wildman–Crippen LogP) is 10.2. The van der Waals surface area contributed by atoms with Gasteiger partial charge in [0.15, 0.2) is 22.9 Å². The molecule has 8 aromatic rings. The van der Waals surface area contributed by atoms with E-state index in [9.17, 15) is 38.2 Å². The number of rotatable bonds is 9. The van der Waals surface area contributed by atoms with E-state index in [0.29, 0.717) is 53.5 Å². The third-order valence-electron chi connectivity index (χ3n) is 14.8. The van der Waals surface area contributed by atoms with Crippen LogP contribution in [0.4, 0.5) is 34.0 Å². The average Bonchev–Trinajstić information content (AvgIpc) is 1.38. The maximum atomic E-state index is 15.9. The van der Waals surface area contributed by atoms with Gasteiger partial charge >= 0.3 is 17.5 Å². The van der Waals surface area contributed by atoms with Crippen molar-refractivity contribution in [1.29, 1.82) is 0 Å². The number of carbonyl (C=O) groups excluding carboxylic acids is 2. The van der Waals surface area contributed by atoms with Crippen LogP contribution in [0.25, 0.3) is 56.0 Å². The number of aromatic nitrogens is 8. The van der Waals surface area contributed by atoms with Crippen LogP contribution >= 0.6 is 0 Å². The summed E-state index contributed by atoms with van der Waals surface area (Å²) in [7, 11) is 0. The number of benzene rings is 2. The average molecular weight is 1170 g/mol. The van der Waals surface area contributed by atoms with E-state index in [-0.39, 0.29) is 83.2 Å². The molecule has 8 heterocycles. The summed E-state index contributed by atoms with van der Waals surface area (Å²) in [5.41, 5.74) is -0.157. The van der Waals surface area contributed by atoms with Crippen molar-refractivity contribution in [2.24, 2.45) is 0 Å². The maximum absolute atomic E-state index is 15.9. The normalized spacial score (nSPS) is 15.6. The van der Waals surface area contributed by atoms with Gasteiger partial charge in [0.2, 0.25) is 5.91 Å². The molecule has 10 rings (SSSR count). The number of amides is 2. The molecule has 2 aromatic carbocycles. The van der Waals surface area contributed by atoms with Gasteiger partial charge in [-0.05, 0) is 126 Å². The number of ether oxygens (including phenoxy) is 1. The molecule has 0 spiro atoms. The Morgan fingerprint density at radius 3 is 1.42 bits per heavy atom. The number of phenolic OH excluding ortho intramolecular Hbond substituents is 2. The van der Waals surface area contributed by atoms with Crippen LogP contribution in [0.1, 0.15) is 96.7 Å². The lowest BCUT2D eigenvalue weighted by Gasteiger charge is -2.41. The lowest BCUT2D eigenvalue weighted by Crippen LogP contribution is -2.55. The largest absolute Gasteiger partial charge is 0.507 e. The zero-order valence-electron chi connectivity index (χ0n) is 49.1. The predicted molar refractivity (Wildman–Crippen MR) is 316 cm³/mol. The third-order valence-corrected chi connectivity index (χ3v) is 14.8. The molecule has 2 fully saturated rings. The Morgan fingerprint density at radius 2 is 1.05 bits per heavy atom. The van der Waals surface area contributed by atoms with Crippen molar-refractivity contribution in [3.8, 4) is 45.4 Å². The Labute approximate surface area is 487 Å². The molecule has 23 heteroatoms. The number of hydrogen-bond acceptors (Lipinski definition) is 15. The van der Waals surface area contributed by atoms with Gasteiger partial charge in [-0.15, -0.1) is 0 Å². The first-order valence-electron chi connectivity index (χ1n) is 27.8. The number of halogens is 4. The number of aromatic hydroxyl groups is 2. The molecule has 85 heavy (non-hydrogen) atoms. The van der Waals surface area contributed by atoms with Crippen molar-refractivity contribution in [2.45, 2.75) is 106 Å². The molecule has 0 saturated carbocycles. The molecule has 444 valence electrons. The highest BCUT2D eigenvalue weighted by Crippen LogP contribution is 2.39. The Morgan fingerprint density at radius 1 is 0.635 bits per heavy atom. The van der Waals surface area contributed by atoms with Crippen molar-refractivity contribution in [3.63, 3.8) is 0 Å². The molecule has 0 unspecified atom stereocenters. The van der Waals surface area contributed by atoms with E-state index < -0.39 is 80.4 Å². The smallest absolute Gasteiger partial charge is 0.410 e. The van der Waals surface area contributed by atoms with Gasteiger partial charge in [-0.3, -0.25) is 14.8 Å². The second kappa shape index (κ2) is 23.8. The first-order valence-corrected chi connectivity index (χ1v) is 27.8. The van der Waals surface area contributed by atoms with Gasteiger partial charge in [-0.1, -0.05) is 46.4 Å². The minimum atomic E-state index is -0.904. The SMILES string of the molecule is C=CC(=O)N1CCN(c2nc(=O)n(-c3c(C)ccnc3C(C)C)c3nc(-c4c(O)cccc4F)c(F)cc23)[C@@H](C)C1.Cc1ccnc(C(C)C)c1-n1c(=O)nc(N2CCN(C(=O)OC(C)(C)C)C[C@@H]2C)c2cc(F)c(-c3c(O)cccc3F)nc21. The van der Waals surface area contributed by atoms with Crippen molar-refractivity contribution < 1.29 is 42.1 Å². The molecule has 0 bridgehead atoms. The van der Waals surface area contributed by atoms with E-state index in [4.69, 9.17) is 4.74 Å². The molecule has 0 aliphatic carbocycles. The summed E-state index contributed by atoms with van der Waals surface area (Å²) in [4.78, 5) is 86.6. The van der Waals surface area contributed by atoms with Gasteiger partial charge in [-0.25, -0.2) is 51.0 Å². The Kier molecular flexibility index (Phi) is 16.9. The van der Waals surface area contributed by atoms with Crippen LogP contribution in [0.3, 0.4) is 0 Å². The van der Waals surface area contributed by atoms with Gasteiger partial charge in [0, 0.05) is 63.7 Å². The van der Waals surface area contributed by atoms with Crippen LogP contribution in [0.5, 0.6) is 11.5 Å². The summed E-state index contributed by atoms with van der Waals surface area (Å²) in [5.74, 6) is -4.53. The number of piperazine rings is 2. The van der Waals surface area contributed by atoms with E-state index in [0.717, 1.165) is 24.3 Å². The van der Waals surface area contributed by atoms with Crippen molar-refractivity contribution in [1.82, 2.24) is 48.8 Å². The zero-order valence-corrected chi connectivity index (χ0v) is 49.1. The molecule has 2 aliphatic rings. The van der Waals surface area contributed by atoms with Crippen molar-refractivity contribution >= 4 is 45.7 Å². The number of aryl methyl sites for hydroxylation is 2. The molecule has 2 saturated heterocycles. The second-order valence-electron chi connectivity index (χ2n) is 22.8. The van der Waals surface area contributed by atoms with Crippen LogP contribution in [-0.2, 0) is 9.53 Å². The fourth-order valence-electron chi connectivity index (χ4n) is 10.8. The van der Waals surface area contributed by atoms with E-state index in [1.54, 1.807) is 55.1 Å². The van der Waals surface area contributed by atoms with Gasteiger partial charge < -0.3 is 34.5 Å². The van der Waals surface area contributed by atoms with Crippen LogP contribution in [0, 0.1) is 37.1 Å². The minimum Gasteiger partial charge on any atom is -0.507 e. The van der Waals surface area contributed by atoms with E-state index in [1.165, 1.54) is 39.5 Å². The Balaban J connectivity index is 0.000000204. The van der Waals surface area contributed by atoms with E-state index in [1.807, 2.05) is 65.2 Å². The lowest BCUT2D eigenvalue weighted by atomic mass is 10.0.